The number of benzene rings is 1. The van der Waals surface area contributed by atoms with Crippen LogP contribution >= 0.6 is 0 Å². The Morgan fingerprint density at radius 3 is 2.54 bits per heavy atom. The fourth-order valence-corrected chi connectivity index (χ4v) is 2.67. The molecule has 0 aromatic heterocycles. The molecule has 0 bridgehead atoms. The molecule has 0 atom stereocenters. The van der Waals surface area contributed by atoms with Crippen molar-refractivity contribution in [2.75, 3.05) is 39.5 Å². The highest BCUT2D eigenvalue weighted by Crippen LogP contribution is 2.32. The number of alkyl halides is 3. The van der Waals surface area contributed by atoms with Crippen LogP contribution in [0.5, 0.6) is 11.5 Å². The van der Waals surface area contributed by atoms with Gasteiger partial charge in [0.2, 0.25) is 12.7 Å². The second kappa shape index (κ2) is 6.72. The SMILES string of the molecule is O=C(/C=C/c1ccc2c(c1)OCO2)N1CCN(CC(F)(F)F)CC1. The van der Waals surface area contributed by atoms with Crippen LogP contribution in [0.25, 0.3) is 6.08 Å². The van der Waals surface area contributed by atoms with Crippen LogP contribution in [0.2, 0.25) is 0 Å². The van der Waals surface area contributed by atoms with E-state index in [1.54, 1.807) is 29.2 Å². The molecule has 1 saturated heterocycles. The van der Waals surface area contributed by atoms with Gasteiger partial charge in [0.05, 0.1) is 6.54 Å². The number of hydrogen-bond acceptors (Lipinski definition) is 4. The molecule has 1 fully saturated rings. The van der Waals surface area contributed by atoms with Gasteiger partial charge in [0.1, 0.15) is 0 Å². The lowest BCUT2D eigenvalue weighted by molar-refractivity contribution is -0.150. The molecule has 0 saturated carbocycles. The number of piperazine rings is 1. The van der Waals surface area contributed by atoms with Crippen LogP contribution in [0.4, 0.5) is 13.2 Å². The molecule has 2 aliphatic rings. The molecule has 1 aromatic rings. The summed E-state index contributed by atoms with van der Waals surface area (Å²) < 4.78 is 47.5. The van der Waals surface area contributed by atoms with Gasteiger partial charge in [0, 0.05) is 32.3 Å². The van der Waals surface area contributed by atoms with Gasteiger partial charge >= 0.3 is 6.18 Å². The molecule has 3 rings (SSSR count). The Kier molecular flexibility index (Phi) is 4.66. The van der Waals surface area contributed by atoms with E-state index in [-0.39, 0.29) is 25.8 Å². The van der Waals surface area contributed by atoms with E-state index in [1.807, 2.05) is 0 Å². The topological polar surface area (TPSA) is 42.0 Å². The predicted molar refractivity (Wildman–Crippen MR) is 80.7 cm³/mol. The third-order valence-corrected chi connectivity index (χ3v) is 3.90. The zero-order chi connectivity index (χ0) is 17.2. The summed E-state index contributed by atoms with van der Waals surface area (Å²) in [5.41, 5.74) is 0.795. The molecule has 0 spiro atoms. The highest BCUT2D eigenvalue weighted by Gasteiger charge is 2.32. The molecule has 0 aliphatic carbocycles. The third-order valence-electron chi connectivity index (χ3n) is 3.90. The Morgan fingerprint density at radius 2 is 1.83 bits per heavy atom. The first kappa shape index (κ1) is 16.6. The minimum Gasteiger partial charge on any atom is -0.454 e. The Bertz CT molecular complexity index is 638. The minimum atomic E-state index is -4.20. The van der Waals surface area contributed by atoms with Crippen molar-refractivity contribution in [2.24, 2.45) is 0 Å². The summed E-state index contributed by atoms with van der Waals surface area (Å²) in [6, 6.07) is 5.34. The van der Waals surface area contributed by atoms with Crippen molar-refractivity contribution in [3.05, 3.63) is 29.8 Å². The molecule has 2 aliphatic heterocycles. The van der Waals surface area contributed by atoms with Gasteiger partial charge in [-0.25, -0.2) is 0 Å². The number of carbonyl (C=O) groups is 1. The highest BCUT2D eigenvalue weighted by atomic mass is 19.4. The van der Waals surface area contributed by atoms with Gasteiger partial charge in [-0.2, -0.15) is 13.2 Å². The Hall–Kier alpha value is -2.22. The summed E-state index contributed by atoms with van der Waals surface area (Å²) in [5.74, 6) is 1.09. The van der Waals surface area contributed by atoms with Gasteiger partial charge < -0.3 is 14.4 Å². The average molecular weight is 342 g/mol. The van der Waals surface area contributed by atoms with Crippen LogP contribution in [0.3, 0.4) is 0 Å². The second-order valence-electron chi connectivity index (χ2n) is 5.66. The molecular weight excluding hydrogens is 325 g/mol. The standard InChI is InChI=1S/C16H17F3N2O3/c17-16(18,19)10-20-5-7-21(8-6-20)15(22)4-2-12-1-3-13-14(9-12)24-11-23-13/h1-4,9H,5-8,10-11H2/b4-2+. The Morgan fingerprint density at radius 1 is 1.12 bits per heavy atom. The van der Waals surface area contributed by atoms with Crippen molar-refractivity contribution in [3.63, 3.8) is 0 Å². The Balaban J connectivity index is 1.52. The summed E-state index contributed by atoms with van der Waals surface area (Å²) in [7, 11) is 0. The molecule has 1 amide bonds. The number of ether oxygens (including phenoxy) is 2. The maximum atomic E-state index is 12.3. The van der Waals surface area contributed by atoms with Crippen molar-refractivity contribution in [1.82, 2.24) is 9.80 Å². The summed E-state index contributed by atoms with van der Waals surface area (Å²) in [6.07, 6.45) is -1.12. The van der Waals surface area contributed by atoms with Crippen LogP contribution < -0.4 is 9.47 Å². The smallest absolute Gasteiger partial charge is 0.401 e. The van der Waals surface area contributed by atoms with E-state index in [1.165, 1.54) is 11.0 Å². The summed E-state index contributed by atoms with van der Waals surface area (Å²) in [4.78, 5) is 15.0. The first-order valence-electron chi connectivity index (χ1n) is 7.56. The highest BCUT2D eigenvalue weighted by molar-refractivity contribution is 5.92. The molecule has 0 radical (unpaired) electrons. The molecule has 5 nitrogen and oxygen atoms in total. The van der Waals surface area contributed by atoms with Gasteiger partial charge in [0.25, 0.3) is 0 Å². The van der Waals surface area contributed by atoms with Crippen molar-refractivity contribution in [3.8, 4) is 11.5 Å². The monoisotopic (exact) mass is 342 g/mol. The molecule has 24 heavy (non-hydrogen) atoms. The van der Waals surface area contributed by atoms with Gasteiger partial charge in [-0.1, -0.05) is 6.07 Å². The van der Waals surface area contributed by atoms with Crippen LogP contribution in [0, 0.1) is 0 Å². The van der Waals surface area contributed by atoms with Gasteiger partial charge in [0.15, 0.2) is 11.5 Å². The zero-order valence-corrected chi connectivity index (χ0v) is 12.9. The molecule has 130 valence electrons. The molecule has 0 unspecified atom stereocenters. The quantitative estimate of drug-likeness (QED) is 0.790. The van der Waals surface area contributed by atoms with E-state index in [0.29, 0.717) is 24.6 Å². The summed E-state index contributed by atoms with van der Waals surface area (Å²) in [5, 5.41) is 0. The van der Waals surface area contributed by atoms with Gasteiger partial charge in [-0.3, -0.25) is 9.69 Å². The number of amides is 1. The Labute approximate surface area is 137 Å². The summed E-state index contributed by atoms with van der Waals surface area (Å²) in [6.45, 7) is 0.290. The van der Waals surface area contributed by atoms with E-state index in [9.17, 15) is 18.0 Å². The maximum Gasteiger partial charge on any atom is 0.401 e. The molecule has 8 heteroatoms. The number of rotatable bonds is 3. The van der Waals surface area contributed by atoms with E-state index < -0.39 is 12.7 Å². The third kappa shape index (κ3) is 4.19. The number of nitrogens with zero attached hydrogens (tertiary/aromatic N) is 2. The minimum absolute atomic E-state index is 0.184. The lowest BCUT2D eigenvalue weighted by Crippen LogP contribution is -2.50. The van der Waals surface area contributed by atoms with Crippen LogP contribution in [-0.4, -0.2) is 61.4 Å². The van der Waals surface area contributed by atoms with E-state index in [4.69, 9.17) is 9.47 Å². The largest absolute Gasteiger partial charge is 0.454 e. The molecule has 2 heterocycles. The fourth-order valence-electron chi connectivity index (χ4n) is 2.67. The first-order chi connectivity index (χ1) is 11.4. The summed E-state index contributed by atoms with van der Waals surface area (Å²) >= 11 is 0. The zero-order valence-electron chi connectivity index (χ0n) is 12.9. The average Bonchev–Trinajstić information content (AvgIpc) is 2.99. The molecule has 1 aromatic carbocycles. The van der Waals surface area contributed by atoms with Crippen molar-refractivity contribution in [2.45, 2.75) is 6.18 Å². The van der Waals surface area contributed by atoms with Crippen molar-refractivity contribution in [1.29, 1.82) is 0 Å². The first-order valence-corrected chi connectivity index (χ1v) is 7.56. The van der Waals surface area contributed by atoms with E-state index in [2.05, 4.69) is 0 Å². The predicted octanol–water partition coefficient (Wildman–Crippen LogP) is 2.14. The maximum absolute atomic E-state index is 12.3. The number of fused-ring (bicyclic) bond motifs is 1. The van der Waals surface area contributed by atoms with E-state index >= 15 is 0 Å². The van der Waals surface area contributed by atoms with Crippen LogP contribution in [-0.2, 0) is 4.79 Å². The van der Waals surface area contributed by atoms with Gasteiger partial charge in [-0.05, 0) is 23.8 Å². The number of carbonyl (C=O) groups excluding carboxylic acids is 1. The normalized spacial score (nSPS) is 18.4. The van der Waals surface area contributed by atoms with Crippen molar-refractivity contribution < 1.29 is 27.4 Å². The lowest BCUT2D eigenvalue weighted by atomic mass is 10.2. The lowest BCUT2D eigenvalue weighted by Gasteiger charge is -2.34. The van der Waals surface area contributed by atoms with Crippen LogP contribution in [0.1, 0.15) is 5.56 Å². The number of halogens is 3. The number of hydrogen-bond donors (Lipinski definition) is 0. The van der Waals surface area contributed by atoms with Gasteiger partial charge in [-0.15, -0.1) is 0 Å². The van der Waals surface area contributed by atoms with Crippen molar-refractivity contribution >= 4 is 12.0 Å². The fraction of sp³-hybridized carbons (Fsp3) is 0.438. The van der Waals surface area contributed by atoms with Crippen LogP contribution in [0.15, 0.2) is 24.3 Å². The molecular formula is C16H17F3N2O3. The van der Waals surface area contributed by atoms with E-state index in [0.717, 1.165) is 5.56 Å². The molecule has 0 N–H and O–H groups in total. The second-order valence-corrected chi connectivity index (χ2v) is 5.66.